The summed E-state index contributed by atoms with van der Waals surface area (Å²) >= 11 is 0. The summed E-state index contributed by atoms with van der Waals surface area (Å²) < 4.78 is 26.3. The van der Waals surface area contributed by atoms with Gasteiger partial charge in [-0.2, -0.15) is 5.26 Å². The fraction of sp³-hybridized carbons (Fsp3) is 0.167. The van der Waals surface area contributed by atoms with Crippen molar-refractivity contribution in [1.82, 2.24) is 14.7 Å². The highest BCUT2D eigenvalue weighted by Crippen LogP contribution is 2.07. The average Bonchev–Trinajstić information content (AvgIpc) is 2.85. The van der Waals surface area contributed by atoms with Crippen LogP contribution in [0.15, 0.2) is 35.5 Å². The van der Waals surface area contributed by atoms with Crippen molar-refractivity contribution >= 4 is 10.0 Å². The van der Waals surface area contributed by atoms with E-state index in [1.807, 2.05) is 6.07 Å². The molecule has 0 amide bonds. The summed E-state index contributed by atoms with van der Waals surface area (Å²) in [4.78, 5) is 6.52. The zero-order valence-corrected chi connectivity index (χ0v) is 11.0. The third-order valence-corrected chi connectivity index (χ3v) is 3.83. The van der Waals surface area contributed by atoms with Crippen LogP contribution < -0.4 is 4.72 Å². The second kappa shape index (κ2) is 5.22. The van der Waals surface area contributed by atoms with E-state index in [1.165, 1.54) is 6.20 Å². The number of rotatable bonds is 4. The molecule has 2 N–H and O–H groups in total. The number of aromatic nitrogens is 2. The SMILES string of the molecule is Cc1ncc(S(=O)(=O)NCc2ccc(C#N)cc2)[nH]1. The van der Waals surface area contributed by atoms with E-state index in [0.717, 1.165) is 5.56 Å². The van der Waals surface area contributed by atoms with Gasteiger partial charge in [0.25, 0.3) is 10.0 Å². The van der Waals surface area contributed by atoms with Gasteiger partial charge in [0, 0.05) is 6.54 Å². The number of nitriles is 1. The first-order chi connectivity index (χ1) is 9.01. The van der Waals surface area contributed by atoms with Gasteiger partial charge in [0.1, 0.15) is 5.82 Å². The van der Waals surface area contributed by atoms with Crippen LogP contribution in [0.2, 0.25) is 0 Å². The topological polar surface area (TPSA) is 98.6 Å². The minimum absolute atomic E-state index is 0.0404. The number of hydrogen-bond acceptors (Lipinski definition) is 4. The molecule has 0 unspecified atom stereocenters. The molecular formula is C12H12N4O2S. The van der Waals surface area contributed by atoms with Crippen LogP contribution in [-0.2, 0) is 16.6 Å². The van der Waals surface area contributed by atoms with Crippen LogP contribution in [0, 0.1) is 18.3 Å². The molecule has 0 bridgehead atoms. The van der Waals surface area contributed by atoms with Gasteiger partial charge in [-0.05, 0) is 24.6 Å². The molecule has 0 aliphatic rings. The molecule has 1 heterocycles. The van der Waals surface area contributed by atoms with Gasteiger partial charge in [-0.3, -0.25) is 0 Å². The van der Waals surface area contributed by atoms with Crippen LogP contribution in [0.4, 0.5) is 0 Å². The van der Waals surface area contributed by atoms with E-state index in [2.05, 4.69) is 14.7 Å². The van der Waals surface area contributed by atoms with E-state index in [0.29, 0.717) is 11.4 Å². The molecule has 19 heavy (non-hydrogen) atoms. The van der Waals surface area contributed by atoms with Crippen LogP contribution in [0.25, 0.3) is 0 Å². The second-order valence-electron chi connectivity index (χ2n) is 3.97. The van der Waals surface area contributed by atoms with Crippen molar-refractivity contribution in [2.45, 2.75) is 18.5 Å². The van der Waals surface area contributed by atoms with Crippen molar-refractivity contribution in [3.63, 3.8) is 0 Å². The van der Waals surface area contributed by atoms with Crippen molar-refractivity contribution in [2.75, 3.05) is 0 Å². The molecule has 0 saturated carbocycles. The molecule has 1 aromatic heterocycles. The standard InChI is InChI=1S/C12H12N4O2S/c1-9-14-8-12(16-9)19(17,18)15-7-11-4-2-10(6-13)3-5-11/h2-5,8,15H,7H2,1H3,(H,14,16). The third-order valence-electron chi connectivity index (χ3n) is 2.52. The number of H-pyrrole nitrogens is 1. The van der Waals surface area contributed by atoms with Gasteiger partial charge >= 0.3 is 0 Å². The molecule has 2 rings (SSSR count). The highest BCUT2D eigenvalue weighted by atomic mass is 32.2. The molecule has 0 saturated heterocycles. The molecule has 7 heteroatoms. The highest BCUT2D eigenvalue weighted by Gasteiger charge is 2.15. The summed E-state index contributed by atoms with van der Waals surface area (Å²) in [6.07, 6.45) is 1.27. The van der Waals surface area contributed by atoms with Crippen molar-refractivity contribution in [3.8, 4) is 6.07 Å². The number of benzene rings is 1. The first kappa shape index (κ1) is 13.3. The van der Waals surface area contributed by atoms with Crippen LogP contribution in [-0.4, -0.2) is 18.4 Å². The Labute approximate surface area is 111 Å². The molecular weight excluding hydrogens is 264 g/mol. The monoisotopic (exact) mass is 276 g/mol. The minimum atomic E-state index is -3.59. The van der Waals surface area contributed by atoms with Gasteiger partial charge in [0.15, 0.2) is 5.03 Å². The number of hydrogen-bond donors (Lipinski definition) is 2. The lowest BCUT2D eigenvalue weighted by Crippen LogP contribution is -2.23. The average molecular weight is 276 g/mol. The maximum atomic E-state index is 11.9. The lowest BCUT2D eigenvalue weighted by atomic mass is 10.1. The first-order valence-corrected chi connectivity index (χ1v) is 7.00. The predicted octanol–water partition coefficient (Wildman–Crippen LogP) is 1.07. The Bertz CT molecular complexity index is 711. The smallest absolute Gasteiger partial charge is 0.257 e. The van der Waals surface area contributed by atoms with Gasteiger partial charge in [0.05, 0.1) is 17.8 Å². The summed E-state index contributed by atoms with van der Waals surface area (Å²) in [5.41, 5.74) is 1.31. The number of aryl methyl sites for hydroxylation is 1. The molecule has 6 nitrogen and oxygen atoms in total. The first-order valence-electron chi connectivity index (χ1n) is 5.51. The van der Waals surface area contributed by atoms with Gasteiger partial charge in [-0.15, -0.1) is 0 Å². The van der Waals surface area contributed by atoms with Crippen LogP contribution >= 0.6 is 0 Å². The number of nitrogens with zero attached hydrogens (tertiary/aromatic N) is 2. The van der Waals surface area contributed by atoms with Gasteiger partial charge < -0.3 is 4.98 Å². The molecule has 2 aromatic rings. The van der Waals surface area contributed by atoms with E-state index >= 15 is 0 Å². The molecule has 0 fully saturated rings. The van der Waals surface area contributed by atoms with Gasteiger partial charge in [-0.1, -0.05) is 12.1 Å². The van der Waals surface area contributed by atoms with Gasteiger partial charge in [-0.25, -0.2) is 18.1 Å². The van der Waals surface area contributed by atoms with Crippen molar-refractivity contribution in [3.05, 3.63) is 47.4 Å². The van der Waals surface area contributed by atoms with E-state index < -0.39 is 10.0 Å². The second-order valence-corrected chi connectivity index (χ2v) is 5.70. The molecule has 0 atom stereocenters. The molecule has 0 aliphatic heterocycles. The van der Waals surface area contributed by atoms with Crippen molar-refractivity contribution in [2.24, 2.45) is 0 Å². The maximum Gasteiger partial charge on any atom is 0.257 e. The minimum Gasteiger partial charge on any atom is -0.332 e. The Hall–Kier alpha value is -2.17. The molecule has 1 aromatic carbocycles. The molecule has 0 radical (unpaired) electrons. The maximum absolute atomic E-state index is 11.9. The van der Waals surface area contributed by atoms with Crippen molar-refractivity contribution < 1.29 is 8.42 Å². The number of sulfonamides is 1. The molecule has 98 valence electrons. The van der Waals surface area contributed by atoms with Crippen LogP contribution in [0.5, 0.6) is 0 Å². The van der Waals surface area contributed by atoms with E-state index in [4.69, 9.17) is 5.26 Å². The van der Waals surface area contributed by atoms with E-state index in [1.54, 1.807) is 31.2 Å². The third kappa shape index (κ3) is 3.19. The van der Waals surface area contributed by atoms with Crippen molar-refractivity contribution in [1.29, 1.82) is 5.26 Å². The predicted molar refractivity (Wildman–Crippen MR) is 68.5 cm³/mol. The quantitative estimate of drug-likeness (QED) is 0.872. The fourth-order valence-corrected chi connectivity index (χ4v) is 2.47. The van der Waals surface area contributed by atoms with Crippen LogP contribution in [0.1, 0.15) is 17.0 Å². The number of imidazole rings is 1. The Balaban J connectivity index is 2.07. The number of aromatic amines is 1. The summed E-state index contributed by atoms with van der Waals surface area (Å²) in [5, 5.41) is 8.71. The molecule has 0 aliphatic carbocycles. The summed E-state index contributed by atoms with van der Waals surface area (Å²) in [6.45, 7) is 1.84. The Morgan fingerprint density at radius 1 is 1.37 bits per heavy atom. The number of nitrogens with one attached hydrogen (secondary N) is 2. The summed E-state index contributed by atoms with van der Waals surface area (Å²) in [7, 11) is -3.59. The Morgan fingerprint density at radius 3 is 2.58 bits per heavy atom. The summed E-state index contributed by atoms with van der Waals surface area (Å²) in [6, 6.07) is 8.70. The van der Waals surface area contributed by atoms with Gasteiger partial charge in [0.2, 0.25) is 0 Å². The largest absolute Gasteiger partial charge is 0.332 e. The van der Waals surface area contributed by atoms with E-state index in [-0.39, 0.29) is 11.6 Å². The zero-order valence-electron chi connectivity index (χ0n) is 10.2. The normalized spacial score (nSPS) is 11.2. The lowest BCUT2D eigenvalue weighted by Gasteiger charge is -2.04. The van der Waals surface area contributed by atoms with E-state index in [9.17, 15) is 8.42 Å². The Kier molecular flexibility index (Phi) is 3.64. The Morgan fingerprint density at radius 2 is 2.05 bits per heavy atom. The summed E-state index contributed by atoms with van der Waals surface area (Å²) in [5.74, 6) is 0.541. The zero-order chi connectivity index (χ0) is 13.9. The molecule has 0 spiro atoms. The van der Waals surface area contributed by atoms with Crippen LogP contribution in [0.3, 0.4) is 0 Å². The lowest BCUT2D eigenvalue weighted by molar-refractivity contribution is 0.578. The fourth-order valence-electron chi connectivity index (χ4n) is 1.49. The highest BCUT2D eigenvalue weighted by molar-refractivity contribution is 7.89.